The van der Waals surface area contributed by atoms with Gasteiger partial charge in [0.1, 0.15) is 17.8 Å². The van der Waals surface area contributed by atoms with Crippen molar-refractivity contribution in [1.82, 2.24) is 10.2 Å². The number of anilines is 1. The summed E-state index contributed by atoms with van der Waals surface area (Å²) < 4.78 is 29.5. The van der Waals surface area contributed by atoms with Gasteiger partial charge in [-0.1, -0.05) is 39.3 Å². The molecule has 31 heavy (non-hydrogen) atoms. The Balaban J connectivity index is 1.64. The number of rotatable bonds is 7. The van der Waals surface area contributed by atoms with Gasteiger partial charge in [0.2, 0.25) is 5.91 Å². The molecule has 9 heteroatoms. The van der Waals surface area contributed by atoms with Crippen LogP contribution in [-0.2, 0) is 9.59 Å². The number of hydrogen-bond donors (Lipinski definition) is 2. The summed E-state index contributed by atoms with van der Waals surface area (Å²) in [4.78, 5) is 38.9. The average molecular weight is 437 g/mol. The molecule has 2 N–H and O–H groups in total. The number of halogens is 2. The van der Waals surface area contributed by atoms with Gasteiger partial charge in [0.05, 0.1) is 5.69 Å². The van der Waals surface area contributed by atoms with Crippen LogP contribution in [0.3, 0.4) is 0 Å². The van der Waals surface area contributed by atoms with Gasteiger partial charge >= 0.3 is 12.6 Å². The fourth-order valence-corrected chi connectivity index (χ4v) is 4.44. The Kier molecular flexibility index (Phi) is 6.52. The van der Waals surface area contributed by atoms with E-state index in [9.17, 15) is 23.2 Å². The zero-order valence-corrected chi connectivity index (χ0v) is 18.0. The van der Waals surface area contributed by atoms with Crippen molar-refractivity contribution in [3.8, 4) is 5.75 Å². The number of ether oxygens (including phenoxy) is 1. The first kappa shape index (κ1) is 23.0. The van der Waals surface area contributed by atoms with Crippen molar-refractivity contribution < 1.29 is 27.9 Å². The van der Waals surface area contributed by atoms with Crippen molar-refractivity contribution in [2.75, 3.05) is 11.9 Å². The number of nitrogens with one attached hydrogen (secondary N) is 2. The average Bonchev–Trinajstić information content (AvgIpc) is 2.93. The lowest BCUT2D eigenvalue weighted by molar-refractivity contribution is -0.135. The molecule has 1 aromatic carbocycles. The summed E-state index contributed by atoms with van der Waals surface area (Å²) in [7, 11) is 0. The van der Waals surface area contributed by atoms with Gasteiger partial charge in [-0.3, -0.25) is 14.5 Å². The highest BCUT2D eigenvalue weighted by Crippen LogP contribution is 2.45. The third kappa shape index (κ3) is 4.80. The van der Waals surface area contributed by atoms with E-state index in [2.05, 4.69) is 36.1 Å². The number of carbonyl (C=O) groups is 3. The maximum Gasteiger partial charge on any atom is 0.387 e. The first-order valence-electron chi connectivity index (χ1n) is 10.6. The number of para-hydroxylation sites is 2. The monoisotopic (exact) mass is 437 g/mol. The second-order valence-corrected chi connectivity index (χ2v) is 8.94. The summed E-state index contributed by atoms with van der Waals surface area (Å²) >= 11 is 0. The van der Waals surface area contributed by atoms with E-state index in [4.69, 9.17) is 0 Å². The molecule has 0 bridgehead atoms. The Labute approximate surface area is 180 Å². The van der Waals surface area contributed by atoms with Crippen LogP contribution in [0.25, 0.3) is 0 Å². The van der Waals surface area contributed by atoms with E-state index in [1.165, 1.54) is 18.2 Å². The summed E-state index contributed by atoms with van der Waals surface area (Å²) in [6, 6.07) is 5.13. The number of urea groups is 1. The van der Waals surface area contributed by atoms with E-state index in [1.807, 2.05) is 0 Å². The summed E-state index contributed by atoms with van der Waals surface area (Å²) in [6.45, 7) is 3.04. The van der Waals surface area contributed by atoms with Gasteiger partial charge in [-0.05, 0) is 49.1 Å². The molecule has 0 unspecified atom stereocenters. The minimum Gasteiger partial charge on any atom is -0.433 e. The first-order chi connectivity index (χ1) is 14.6. The van der Waals surface area contributed by atoms with Gasteiger partial charge in [0.15, 0.2) is 0 Å². The number of amides is 4. The van der Waals surface area contributed by atoms with E-state index in [0.29, 0.717) is 18.8 Å². The molecule has 1 saturated carbocycles. The van der Waals surface area contributed by atoms with Crippen LogP contribution in [0.5, 0.6) is 5.75 Å². The minimum atomic E-state index is -3.04. The number of benzene rings is 1. The molecule has 1 aromatic rings. The first-order valence-corrected chi connectivity index (χ1v) is 10.6. The van der Waals surface area contributed by atoms with Gasteiger partial charge in [0.25, 0.3) is 5.91 Å². The molecule has 1 aliphatic carbocycles. The van der Waals surface area contributed by atoms with Gasteiger partial charge in [-0.2, -0.15) is 8.78 Å². The molecule has 0 aromatic heterocycles. The van der Waals surface area contributed by atoms with Crippen LogP contribution in [-0.4, -0.2) is 41.4 Å². The fourth-order valence-electron chi connectivity index (χ4n) is 4.44. The van der Waals surface area contributed by atoms with Crippen molar-refractivity contribution in [2.24, 2.45) is 11.3 Å². The molecular formula is C22H29F2N3O4. The Morgan fingerprint density at radius 2 is 1.94 bits per heavy atom. The molecule has 2 fully saturated rings. The molecule has 1 spiro atoms. The summed E-state index contributed by atoms with van der Waals surface area (Å²) in [6.07, 6.45) is 3.76. The van der Waals surface area contributed by atoms with Crippen LogP contribution in [0.15, 0.2) is 24.3 Å². The maximum absolute atomic E-state index is 13.1. The van der Waals surface area contributed by atoms with E-state index < -0.39 is 36.5 Å². The molecule has 0 atom stereocenters. The normalized spacial score (nSPS) is 23.9. The molecule has 2 aliphatic rings. The van der Waals surface area contributed by atoms with Gasteiger partial charge in [-0.25, -0.2) is 4.79 Å². The van der Waals surface area contributed by atoms with Crippen molar-refractivity contribution in [2.45, 2.75) is 65.0 Å². The smallest absolute Gasteiger partial charge is 0.387 e. The molecule has 3 rings (SSSR count). The van der Waals surface area contributed by atoms with E-state index >= 15 is 0 Å². The molecule has 170 valence electrons. The number of hydrogen-bond acceptors (Lipinski definition) is 4. The third-order valence-electron chi connectivity index (χ3n) is 6.78. The van der Waals surface area contributed by atoms with E-state index in [1.54, 1.807) is 6.07 Å². The van der Waals surface area contributed by atoms with E-state index in [0.717, 1.165) is 24.2 Å². The van der Waals surface area contributed by atoms with Crippen LogP contribution >= 0.6 is 0 Å². The minimum absolute atomic E-state index is 0.0388. The maximum atomic E-state index is 13.1. The Bertz CT molecular complexity index is 851. The van der Waals surface area contributed by atoms with Crippen LogP contribution in [0.2, 0.25) is 0 Å². The third-order valence-corrected chi connectivity index (χ3v) is 6.78. The van der Waals surface area contributed by atoms with Gasteiger partial charge in [0, 0.05) is 0 Å². The highest BCUT2D eigenvalue weighted by Gasteiger charge is 2.53. The zero-order valence-electron chi connectivity index (χ0n) is 18.0. The fraction of sp³-hybridized carbons (Fsp3) is 0.591. The van der Waals surface area contributed by atoms with Gasteiger partial charge in [-0.15, -0.1) is 0 Å². The highest BCUT2D eigenvalue weighted by molar-refractivity contribution is 6.10. The van der Waals surface area contributed by atoms with Crippen molar-refractivity contribution in [1.29, 1.82) is 0 Å². The van der Waals surface area contributed by atoms with Crippen LogP contribution in [0, 0.1) is 11.3 Å². The predicted octanol–water partition coefficient (Wildman–Crippen LogP) is 4.14. The highest BCUT2D eigenvalue weighted by atomic mass is 19.3. The molecule has 1 heterocycles. The SMILES string of the molecule is CCC(C)(C)C1CCC2(CC1)NC(=O)N(CC(=O)Nc1ccccc1OC(F)F)C2=O. The van der Waals surface area contributed by atoms with Crippen LogP contribution in [0.1, 0.15) is 52.9 Å². The second-order valence-electron chi connectivity index (χ2n) is 8.94. The Morgan fingerprint density at radius 3 is 2.55 bits per heavy atom. The topological polar surface area (TPSA) is 87.7 Å². The summed E-state index contributed by atoms with van der Waals surface area (Å²) in [5.74, 6) is -0.808. The van der Waals surface area contributed by atoms with Crippen molar-refractivity contribution >= 4 is 23.5 Å². The van der Waals surface area contributed by atoms with Gasteiger partial charge < -0.3 is 15.4 Å². The summed E-state index contributed by atoms with van der Waals surface area (Å²) in [5, 5.41) is 5.24. The Morgan fingerprint density at radius 1 is 1.29 bits per heavy atom. The number of nitrogens with zero attached hydrogens (tertiary/aromatic N) is 1. The largest absolute Gasteiger partial charge is 0.433 e. The zero-order chi connectivity index (χ0) is 22.8. The quantitative estimate of drug-likeness (QED) is 0.628. The predicted molar refractivity (Wildman–Crippen MR) is 111 cm³/mol. The molecule has 7 nitrogen and oxygen atoms in total. The molecule has 1 aliphatic heterocycles. The molecular weight excluding hydrogens is 408 g/mol. The van der Waals surface area contributed by atoms with Crippen LogP contribution in [0.4, 0.5) is 19.3 Å². The molecule has 1 saturated heterocycles. The Hall–Kier alpha value is -2.71. The molecule has 4 amide bonds. The summed E-state index contributed by atoms with van der Waals surface area (Å²) in [5.41, 5.74) is -0.758. The lowest BCUT2D eigenvalue weighted by Gasteiger charge is -2.42. The second kappa shape index (κ2) is 8.80. The van der Waals surface area contributed by atoms with E-state index in [-0.39, 0.29) is 16.9 Å². The number of imide groups is 1. The number of carbonyl (C=O) groups excluding carboxylic acids is 3. The standard InChI is InChI=1S/C22H29F2N3O4/c1-4-21(2,3)14-9-11-22(12-10-14)18(29)27(20(30)26-22)13-17(28)25-15-7-5-6-8-16(15)31-19(23)24/h5-8,14,19H,4,9-13H2,1-3H3,(H,25,28)(H,26,30). The molecule has 0 radical (unpaired) electrons. The van der Waals surface area contributed by atoms with Crippen LogP contribution < -0.4 is 15.4 Å². The lowest BCUT2D eigenvalue weighted by atomic mass is 9.65. The lowest BCUT2D eigenvalue weighted by Crippen LogP contribution is -2.51. The van der Waals surface area contributed by atoms with Crippen molar-refractivity contribution in [3.05, 3.63) is 24.3 Å². The van der Waals surface area contributed by atoms with Crippen molar-refractivity contribution in [3.63, 3.8) is 0 Å². The number of alkyl halides is 2.